The van der Waals surface area contributed by atoms with Gasteiger partial charge in [-0.1, -0.05) is 31.0 Å². The van der Waals surface area contributed by atoms with E-state index < -0.39 is 6.10 Å². The SMILES string of the molecule is CC(Oc1ccccc1)C(=O)NC1CCCCC1CN. The van der Waals surface area contributed by atoms with Gasteiger partial charge in [-0.15, -0.1) is 0 Å². The van der Waals surface area contributed by atoms with Gasteiger partial charge in [-0.2, -0.15) is 0 Å². The van der Waals surface area contributed by atoms with E-state index in [-0.39, 0.29) is 11.9 Å². The Hall–Kier alpha value is -1.55. The van der Waals surface area contributed by atoms with Gasteiger partial charge in [-0.25, -0.2) is 0 Å². The van der Waals surface area contributed by atoms with E-state index in [0.29, 0.717) is 18.2 Å². The first kappa shape index (κ1) is 14.9. The third kappa shape index (κ3) is 3.97. The van der Waals surface area contributed by atoms with Gasteiger partial charge < -0.3 is 15.8 Å². The van der Waals surface area contributed by atoms with Crippen LogP contribution in [-0.2, 0) is 4.79 Å². The molecule has 0 saturated heterocycles. The predicted octanol–water partition coefficient (Wildman–Crippen LogP) is 2.09. The number of benzene rings is 1. The van der Waals surface area contributed by atoms with Crippen LogP contribution in [0.4, 0.5) is 0 Å². The lowest BCUT2D eigenvalue weighted by molar-refractivity contribution is -0.128. The van der Waals surface area contributed by atoms with Crippen molar-refractivity contribution >= 4 is 5.91 Å². The minimum Gasteiger partial charge on any atom is -0.481 e. The molecule has 3 unspecified atom stereocenters. The van der Waals surface area contributed by atoms with Gasteiger partial charge >= 0.3 is 0 Å². The first-order valence-electron chi connectivity index (χ1n) is 7.43. The van der Waals surface area contributed by atoms with E-state index in [2.05, 4.69) is 5.32 Å². The number of nitrogens with two attached hydrogens (primary N) is 1. The average Bonchev–Trinajstić information content (AvgIpc) is 2.48. The maximum Gasteiger partial charge on any atom is 0.261 e. The molecule has 2 rings (SSSR count). The van der Waals surface area contributed by atoms with Crippen LogP contribution in [0.5, 0.6) is 5.75 Å². The van der Waals surface area contributed by atoms with E-state index in [1.54, 1.807) is 6.92 Å². The van der Waals surface area contributed by atoms with Crippen LogP contribution >= 0.6 is 0 Å². The number of ether oxygens (including phenoxy) is 1. The highest BCUT2D eigenvalue weighted by Crippen LogP contribution is 2.23. The summed E-state index contributed by atoms with van der Waals surface area (Å²) in [4.78, 5) is 12.2. The molecule has 0 heterocycles. The lowest BCUT2D eigenvalue weighted by atomic mass is 9.84. The van der Waals surface area contributed by atoms with Gasteiger partial charge in [-0.3, -0.25) is 4.79 Å². The summed E-state index contributed by atoms with van der Waals surface area (Å²) in [5.74, 6) is 1.06. The van der Waals surface area contributed by atoms with Gasteiger partial charge in [0.05, 0.1) is 0 Å². The minimum atomic E-state index is -0.488. The number of amides is 1. The highest BCUT2D eigenvalue weighted by molar-refractivity contribution is 5.81. The molecule has 1 amide bonds. The second-order valence-electron chi connectivity index (χ2n) is 5.47. The van der Waals surface area contributed by atoms with Gasteiger partial charge in [0.15, 0.2) is 6.10 Å². The Balaban J connectivity index is 1.87. The summed E-state index contributed by atoms with van der Waals surface area (Å²) >= 11 is 0. The van der Waals surface area contributed by atoms with Crippen molar-refractivity contribution in [1.29, 1.82) is 0 Å². The van der Waals surface area contributed by atoms with Crippen LogP contribution in [0.15, 0.2) is 30.3 Å². The fourth-order valence-corrected chi connectivity index (χ4v) is 2.74. The molecule has 1 aliphatic carbocycles. The zero-order valence-electron chi connectivity index (χ0n) is 12.0. The van der Waals surface area contributed by atoms with Crippen LogP contribution in [0.25, 0.3) is 0 Å². The van der Waals surface area contributed by atoms with Gasteiger partial charge in [0.1, 0.15) is 5.75 Å². The number of para-hydroxylation sites is 1. The fourth-order valence-electron chi connectivity index (χ4n) is 2.74. The summed E-state index contributed by atoms with van der Waals surface area (Å²) in [5.41, 5.74) is 5.79. The van der Waals surface area contributed by atoms with Crippen molar-refractivity contribution in [3.05, 3.63) is 30.3 Å². The van der Waals surface area contributed by atoms with Gasteiger partial charge in [0, 0.05) is 6.04 Å². The van der Waals surface area contributed by atoms with Crippen LogP contribution < -0.4 is 15.8 Å². The summed E-state index contributed by atoms with van der Waals surface area (Å²) in [6.07, 6.45) is 4.01. The van der Waals surface area contributed by atoms with Gasteiger partial charge in [0.25, 0.3) is 5.91 Å². The molecule has 0 radical (unpaired) electrons. The van der Waals surface area contributed by atoms with Crippen LogP contribution in [0, 0.1) is 5.92 Å². The monoisotopic (exact) mass is 276 g/mol. The third-order valence-corrected chi connectivity index (χ3v) is 3.96. The van der Waals surface area contributed by atoms with E-state index in [4.69, 9.17) is 10.5 Å². The molecule has 0 aromatic heterocycles. The van der Waals surface area contributed by atoms with Crippen molar-refractivity contribution in [2.24, 2.45) is 11.7 Å². The van der Waals surface area contributed by atoms with Gasteiger partial charge in [0.2, 0.25) is 0 Å². The molecular weight excluding hydrogens is 252 g/mol. The molecule has 4 heteroatoms. The molecule has 0 bridgehead atoms. The number of carbonyl (C=O) groups excluding carboxylic acids is 1. The van der Waals surface area contributed by atoms with E-state index in [0.717, 1.165) is 19.3 Å². The predicted molar refractivity (Wildman–Crippen MR) is 79.5 cm³/mol. The van der Waals surface area contributed by atoms with Crippen LogP contribution in [0.3, 0.4) is 0 Å². The Bertz CT molecular complexity index is 422. The Morgan fingerprint density at radius 2 is 2.05 bits per heavy atom. The van der Waals surface area contributed by atoms with Crippen molar-refractivity contribution in [3.63, 3.8) is 0 Å². The average molecular weight is 276 g/mol. The molecular formula is C16H24N2O2. The van der Waals surface area contributed by atoms with Crippen LogP contribution in [-0.4, -0.2) is 24.6 Å². The molecule has 0 aliphatic heterocycles. The first-order chi connectivity index (χ1) is 9.70. The molecule has 20 heavy (non-hydrogen) atoms. The van der Waals surface area contributed by atoms with Crippen molar-refractivity contribution in [2.75, 3.05) is 6.54 Å². The zero-order chi connectivity index (χ0) is 14.4. The lowest BCUT2D eigenvalue weighted by Gasteiger charge is -2.32. The number of hydrogen-bond donors (Lipinski definition) is 2. The van der Waals surface area contributed by atoms with E-state index in [9.17, 15) is 4.79 Å². The normalized spacial score (nSPS) is 23.9. The van der Waals surface area contributed by atoms with Crippen molar-refractivity contribution in [1.82, 2.24) is 5.32 Å². The Morgan fingerprint density at radius 3 is 2.75 bits per heavy atom. The fraction of sp³-hybridized carbons (Fsp3) is 0.562. The highest BCUT2D eigenvalue weighted by Gasteiger charge is 2.27. The Morgan fingerprint density at radius 1 is 1.35 bits per heavy atom. The molecule has 4 nitrogen and oxygen atoms in total. The van der Waals surface area contributed by atoms with E-state index in [1.165, 1.54) is 6.42 Å². The number of nitrogens with one attached hydrogen (secondary N) is 1. The molecule has 0 spiro atoms. The minimum absolute atomic E-state index is 0.0563. The zero-order valence-corrected chi connectivity index (χ0v) is 12.0. The molecule has 1 aliphatic rings. The molecule has 1 aromatic carbocycles. The second kappa shape index (κ2) is 7.29. The highest BCUT2D eigenvalue weighted by atomic mass is 16.5. The molecule has 1 saturated carbocycles. The van der Waals surface area contributed by atoms with Crippen molar-refractivity contribution in [3.8, 4) is 5.75 Å². The molecule has 1 fully saturated rings. The molecule has 3 N–H and O–H groups in total. The summed E-state index contributed by atoms with van der Waals surface area (Å²) in [5, 5.41) is 3.10. The summed E-state index contributed by atoms with van der Waals surface area (Å²) in [6, 6.07) is 9.62. The van der Waals surface area contributed by atoms with Crippen LogP contribution in [0.1, 0.15) is 32.6 Å². The lowest BCUT2D eigenvalue weighted by Crippen LogP contribution is -2.48. The maximum atomic E-state index is 12.2. The molecule has 1 aromatic rings. The maximum absolute atomic E-state index is 12.2. The van der Waals surface area contributed by atoms with Crippen LogP contribution in [0.2, 0.25) is 0 Å². The standard InChI is InChI=1S/C16H24N2O2/c1-12(20-14-8-3-2-4-9-14)16(19)18-15-10-6-5-7-13(15)11-17/h2-4,8-9,12-13,15H,5-7,10-11,17H2,1H3,(H,18,19). The summed E-state index contributed by atoms with van der Waals surface area (Å²) in [6.45, 7) is 2.42. The van der Waals surface area contributed by atoms with Crippen molar-refractivity contribution in [2.45, 2.75) is 44.8 Å². The second-order valence-corrected chi connectivity index (χ2v) is 5.47. The van der Waals surface area contributed by atoms with E-state index in [1.807, 2.05) is 30.3 Å². The summed E-state index contributed by atoms with van der Waals surface area (Å²) < 4.78 is 5.64. The summed E-state index contributed by atoms with van der Waals surface area (Å²) in [7, 11) is 0. The smallest absolute Gasteiger partial charge is 0.261 e. The quantitative estimate of drug-likeness (QED) is 0.865. The topological polar surface area (TPSA) is 64.3 Å². The molecule has 3 atom stereocenters. The number of rotatable bonds is 5. The number of carbonyl (C=O) groups is 1. The number of hydrogen-bond acceptors (Lipinski definition) is 3. The Kier molecular flexibility index (Phi) is 5.41. The van der Waals surface area contributed by atoms with Gasteiger partial charge in [-0.05, 0) is 44.4 Å². The Labute approximate surface area is 120 Å². The first-order valence-corrected chi connectivity index (χ1v) is 7.43. The van der Waals surface area contributed by atoms with Crippen molar-refractivity contribution < 1.29 is 9.53 Å². The molecule has 110 valence electrons. The largest absolute Gasteiger partial charge is 0.481 e. The van der Waals surface area contributed by atoms with E-state index >= 15 is 0 Å². The third-order valence-electron chi connectivity index (χ3n) is 3.96.